The van der Waals surface area contributed by atoms with E-state index in [4.69, 9.17) is 4.74 Å². The molecule has 0 aliphatic carbocycles. The first-order valence-electron chi connectivity index (χ1n) is 7.35. The van der Waals surface area contributed by atoms with E-state index in [0.29, 0.717) is 6.54 Å². The number of nitrogens with one attached hydrogen (secondary N) is 1. The molecule has 0 radical (unpaired) electrons. The van der Waals surface area contributed by atoms with E-state index in [9.17, 15) is 4.39 Å². The van der Waals surface area contributed by atoms with Crippen LogP contribution in [0, 0.1) is 5.82 Å². The molecule has 0 saturated carbocycles. The van der Waals surface area contributed by atoms with Crippen molar-refractivity contribution in [2.24, 2.45) is 4.99 Å². The molecule has 1 atom stereocenters. The van der Waals surface area contributed by atoms with Gasteiger partial charge >= 0.3 is 0 Å². The van der Waals surface area contributed by atoms with Crippen molar-refractivity contribution < 1.29 is 9.13 Å². The summed E-state index contributed by atoms with van der Waals surface area (Å²) < 4.78 is 18.5. The lowest BCUT2D eigenvalue weighted by Gasteiger charge is -2.24. The SMILES string of the molecule is CN=C(NCC(OC)c1ccc(F)cc1)N(C)Cc1ccsc1. The third-order valence-corrected chi connectivity index (χ3v) is 4.28. The fraction of sp³-hybridized carbons (Fsp3) is 0.353. The van der Waals surface area contributed by atoms with Gasteiger partial charge in [0.1, 0.15) is 5.82 Å². The molecule has 1 aromatic carbocycles. The number of ether oxygens (including phenoxy) is 1. The second-order valence-corrected chi connectivity index (χ2v) is 5.97. The largest absolute Gasteiger partial charge is 0.375 e. The van der Waals surface area contributed by atoms with Gasteiger partial charge in [0.25, 0.3) is 0 Å². The molecule has 0 amide bonds. The van der Waals surface area contributed by atoms with Crippen LogP contribution in [0.4, 0.5) is 4.39 Å². The van der Waals surface area contributed by atoms with Crippen LogP contribution in [0.2, 0.25) is 0 Å². The van der Waals surface area contributed by atoms with Crippen LogP contribution >= 0.6 is 11.3 Å². The van der Waals surface area contributed by atoms with Gasteiger partial charge in [-0.05, 0) is 40.1 Å². The van der Waals surface area contributed by atoms with Crippen molar-refractivity contribution in [3.63, 3.8) is 0 Å². The van der Waals surface area contributed by atoms with Crippen LogP contribution in [-0.4, -0.2) is 38.6 Å². The van der Waals surface area contributed by atoms with Crippen molar-refractivity contribution >= 4 is 17.3 Å². The van der Waals surface area contributed by atoms with Gasteiger partial charge in [0.05, 0.1) is 6.10 Å². The molecule has 23 heavy (non-hydrogen) atoms. The van der Waals surface area contributed by atoms with Gasteiger partial charge < -0.3 is 15.0 Å². The minimum Gasteiger partial charge on any atom is -0.375 e. The van der Waals surface area contributed by atoms with Crippen LogP contribution in [0.1, 0.15) is 17.2 Å². The lowest BCUT2D eigenvalue weighted by Crippen LogP contribution is -2.40. The van der Waals surface area contributed by atoms with Crippen LogP contribution in [0.25, 0.3) is 0 Å². The van der Waals surface area contributed by atoms with E-state index in [2.05, 4.69) is 32.0 Å². The topological polar surface area (TPSA) is 36.9 Å². The van der Waals surface area contributed by atoms with Crippen molar-refractivity contribution in [2.75, 3.05) is 27.7 Å². The lowest BCUT2D eigenvalue weighted by atomic mass is 10.1. The smallest absolute Gasteiger partial charge is 0.193 e. The highest BCUT2D eigenvalue weighted by atomic mass is 32.1. The zero-order chi connectivity index (χ0) is 16.7. The Labute approximate surface area is 140 Å². The summed E-state index contributed by atoms with van der Waals surface area (Å²) in [7, 11) is 5.40. The molecule has 1 aromatic heterocycles. The highest BCUT2D eigenvalue weighted by Gasteiger charge is 2.13. The number of guanidine groups is 1. The number of methoxy groups -OCH3 is 1. The van der Waals surface area contributed by atoms with Crippen LogP contribution in [0.5, 0.6) is 0 Å². The predicted octanol–water partition coefficient (Wildman–Crippen LogP) is 3.28. The summed E-state index contributed by atoms with van der Waals surface area (Å²) in [5.41, 5.74) is 2.18. The van der Waals surface area contributed by atoms with Crippen molar-refractivity contribution in [1.29, 1.82) is 0 Å². The first-order chi connectivity index (χ1) is 11.1. The van der Waals surface area contributed by atoms with E-state index in [-0.39, 0.29) is 11.9 Å². The Morgan fingerprint density at radius 3 is 2.65 bits per heavy atom. The molecule has 0 spiro atoms. The zero-order valence-electron chi connectivity index (χ0n) is 13.6. The minimum absolute atomic E-state index is 0.165. The third kappa shape index (κ3) is 5.04. The van der Waals surface area contributed by atoms with E-state index in [0.717, 1.165) is 18.1 Å². The first kappa shape index (κ1) is 17.4. The highest BCUT2D eigenvalue weighted by Crippen LogP contribution is 2.16. The Morgan fingerprint density at radius 2 is 2.09 bits per heavy atom. The molecule has 0 saturated heterocycles. The van der Waals surface area contributed by atoms with Gasteiger partial charge in [0.15, 0.2) is 5.96 Å². The molecule has 6 heteroatoms. The summed E-state index contributed by atoms with van der Waals surface area (Å²) in [5.74, 6) is 0.545. The Morgan fingerprint density at radius 1 is 1.35 bits per heavy atom. The summed E-state index contributed by atoms with van der Waals surface area (Å²) in [5, 5.41) is 7.50. The molecule has 4 nitrogen and oxygen atoms in total. The van der Waals surface area contributed by atoms with Gasteiger partial charge in [-0.15, -0.1) is 0 Å². The number of hydrogen-bond acceptors (Lipinski definition) is 3. The number of rotatable bonds is 6. The Kier molecular flexibility index (Phi) is 6.55. The van der Waals surface area contributed by atoms with Gasteiger partial charge in [-0.25, -0.2) is 4.39 Å². The molecule has 0 aliphatic heterocycles. The molecule has 1 N–H and O–H groups in total. The average molecular weight is 335 g/mol. The Bertz CT molecular complexity index is 613. The van der Waals surface area contributed by atoms with Gasteiger partial charge in [0, 0.05) is 34.3 Å². The van der Waals surface area contributed by atoms with E-state index < -0.39 is 0 Å². The summed E-state index contributed by atoms with van der Waals surface area (Å²) in [6, 6.07) is 8.47. The molecule has 0 bridgehead atoms. The first-order valence-corrected chi connectivity index (χ1v) is 8.29. The number of thiophene rings is 1. The normalized spacial score (nSPS) is 13.0. The van der Waals surface area contributed by atoms with E-state index >= 15 is 0 Å². The Hall–Kier alpha value is -1.92. The van der Waals surface area contributed by atoms with Crippen molar-refractivity contribution in [1.82, 2.24) is 10.2 Å². The standard InChI is InChI=1S/C17H22FN3OS/c1-19-17(21(2)11-13-8-9-23-12-13)20-10-16(22-3)14-4-6-15(18)7-5-14/h4-9,12,16H,10-11H2,1-3H3,(H,19,20). The quantitative estimate of drug-likeness (QED) is 0.650. The molecular formula is C17H22FN3OS. The van der Waals surface area contributed by atoms with E-state index in [1.165, 1.54) is 17.7 Å². The zero-order valence-corrected chi connectivity index (χ0v) is 14.4. The number of benzene rings is 1. The van der Waals surface area contributed by atoms with Crippen LogP contribution < -0.4 is 5.32 Å². The number of halogens is 1. The van der Waals surface area contributed by atoms with Gasteiger partial charge in [-0.1, -0.05) is 12.1 Å². The van der Waals surface area contributed by atoms with Gasteiger partial charge in [0.2, 0.25) is 0 Å². The summed E-state index contributed by atoms with van der Waals surface area (Å²) >= 11 is 1.68. The maximum absolute atomic E-state index is 13.0. The molecule has 0 fully saturated rings. The molecule has 124 valence electrons. The lowest BCUT2D eigenvalue weighted by molar-refractivity contribution is 0.106. The van der Waals surface area contributed by atoms with Crippen molar-refractivity contribution in [3.05, 3.63) is 58.0 Å². The molecule has 0 aliphatic rings. The van der Waals surface area contributed by atoms with Crippen LogP contribution in [0.3, 0.4) is 0 Å². The van der Waals surface area contributed by atoms with E-state index in [1.54, 1.807) is 37.6 Å². The fourth-order valence-corrected chi connectivity index (χ4v) is 2.97. The highest BCUT2D eigenvalue weighted by molar-refractivity contribution is 7.07. The maximum Gasteiger partial charge on any atom is 0.193 e. The fourth-order valence-electron chi connectivity index (χ4n) is 2.31. The molecule has 2 rings (SSSR count). The number of aliphatic imine (C=N–C) groups is 1. The molecular weight excluding hydrogens is 313 g/mol. The maximum atomic E-state index is 13.0. The van der Waals surface area contributed by atoms with Crippen molar-refractivity contribution in [2.45, 2.75) is 12.6 Å². The molecule has 2 aromatic rings. The summed E-state index contributed by atoms with van der Waals surface area (Å²) in [6.45, 7) is 1.35. The van der Waals surface area contributed by atoms with E-state index in [1.807, 2.05) is 7.05 Å². The number of hydrogen-bond donors (Lipinski definition) is 1. The minimum atomic E-state index is -0.247. The van der Waals surface area contributed by atoms with Crippen LogP contribution in [-0.2, 0) is 11.3 Å². The second kappa shape index (κ2) is 8.64. The predicted molar refractivity (Wildman–Crippen MR) is 93.3 cm³/mol. The van der Waals surface area contributed by atoms with Gasteiger partial charge in [-0.2, -0.15) is 11.3 Å². The molecule has 1 unspecified atom stereocenters. The summed E-state index contributed by atoms with van der Waals surface area (Å²) in [4.78, 5) is 6.36. The monoisotopic (exact) mass is 335 g/mol. The Balaban J connectivity index is 1.94. The number of nitrogens with zero attached hydrogens (tertiary/aromatic N) is 2. The summed E-state index contributed by atoms with van der Waals surface area (Å²) in [6.07, 6.45) is -0.165. The third-order valence-electron chi connectivity index (χ3n) is 3.55. The van der Waals surface area contributed by atoms with Gasteiger partial charge in [-0.3, -0.25) is 4.99 Å². The van der Waals surface area contributed by atoms with Crippen LogP contribution in [0.15, 0.2) is 46.1 Å². The second-order valence-electron chi connectivity index (χ2n) is 5.19. The van der Waals surface area contributed by atoms with Crippen molar-refractivity contribution in [3.8, 4) is 0 Å². The average Bonchev–Trinajstić information content (AvgIpc) is 3.06. The molecule has 1 heterocycles.